The van der Waals surface area contributed by atoms with Crippen LogP contribution in [-0.2, 0) is 4.74 Å². The van der Waals surface area contributed by atoms with Crippen LogP contribution in [-0.4, -0.2) is 22.6 Å². The number of carbonyl (C=O) groups is 1. The highest BCUT2D eigenvalue weighted by molar-refractivity contribution is 6.32. The quantitative estimate of drug-likeness (QED) is 0.525. The van der Waals surface area contributed by atoms with Gasteiger partial charge in [-0.1, -0.05) is 11.6 Å². The van der Waals surface area contributed by atoms with Crippen LogP contribution in [0.3, 0.4) is 0 Å². The molecule has 1 aromatic heterocycles. The van der Waals surface area contributed by atoms with Crippen molar-refractivity contribution in [2.75, 3.05) is 12.8 Å². The molecule has 0 aliphatic heterocycles. The van der Waals surface area contributed by atoms with Gasteiger partial charge in [0.25, 0.3) is 5.69 Å². The van der Waals surface area contributed by atoms with E-state index in [4.69, 9.17) is 22.6 Å². The highest BCUT2D eigenvalue weighted by Gasteiger charge is 2.23. The molecule has 2 aromatic rings. The zero-order valence-electron chi connectivity index (χ0n) is 11.2. The normalized spacial score (nSPS) is 10.0. The van der Waals surface area contributed by atoms with Crippen molar-refractivity contribution in [3.8, 4) is 11.8 Å². The van der Waals surface area contributed by atoms with Crippen molar-refractivity contribution in [3.63, 3.8) is 0 Å². The number of nitrogen functional groups attached to an aromatic ring is 1. The number of rotatable bonds is 3. The van der Waals surface area contributed by atoms with E-state index in [0.29, 0.717) is 0 Å². The first kappa shape index (κ1) is 15.3. The summed E-state index contributed by atoms with van der Waals surface area (Å²) in [5.41, 5.74) is 5.76. The molecular formula is C13H9ClN4O4. The Morgan fingerprint density at radius 3 is 2.73 bits per heavy atom. The van der Waals surface area contributed by atoms with Crippen LogP contribution in [0.25, 0.3) is 5.69 Å². The van der Waals surface area contributed by atoms with Crippen LogP contribution in [0.15, 0.2) is 24.4 Å². The number of methoxy groups -OCH3 is 1. The van der Waals surface area contributed by atoms with Crippen LogP contribution in [0.1, 0.15) is 16.1 Å². The van der Waals surface area contributed by atoms with Gasteiger partial charge >= 0.3 is 5.97 Å². The molecule has 0 unspecified atom stereocenters. The number of anilines is 1. The van der Waals surface area contributed by atoms with Crippen molar-refractivity contribution in [1.82, 2.24) is 4.57 Å². The summed E-state index contributed by atoms with van der Waals surface area (Å²) in [5, 5.41) is 19.8. The van der Waals surface area contributed by atoms with E-state index in [9.17, 15) is 14.9 Å². The van der Waals surface area contributed by atoms with Gasteiger partial charge in [0.15, 0.2) is 5.69 Å². The zero-order valence-corrected chi connectivity index (χ0v) is 12.0. The number of nitrogens with zero attached hydrogens (tertiary/aromatic N) is 3. The summed E-state index contributed by atoms with van der Waals surface area (Å²) in [5.74, 6) is -0.756. The Morgan fingerprint density at radius 1 is 1.55 bits per heavy atom. The van der Waals surface area contributed by atoms with Crippen LogP contribution >= 0.6 is 11.6 Å². The van der Waals surface area contributed by atoms with E-state index in [0.717, 1.165) is 6.07 Å². The van der Waals surface area contributed by atoms with Gasteiger partial charge in [-0.25, -0.2) is 4.79 Å². The van der Waals surface area contributed by atoms with Gasteiger partial charge in [-0.15, -0.1) is 0 Å². The maximum absolute atomic E-state index is 11.9. The number of hydrogen-bond donors (Lipinski definition) is 1. The molecule has 0 saturated heterocycles. The fourth-order valence-electron chi connectivity index (χ4n) is 1.91. The second kappa shape index (κ2) is 5.75. The number of aromatic nitrogens is 1. The third-order valence-corrected chi connectivity index (χ3v) is 3.25. The molecule has 0 aliphatic rings. The highest BCUT2D eigenvalue weighted by atomic mass is 35.5. The van der Waals surface area contributed by atoms with Crippen molar-refractivity contribution in [3.05, 3.63) is 50.8 Å². The van der Waals surface area contributed by atoms with Crippen LogP contribution in [0.2, 0.25) is 5.02 Å². The first-order valence-electron chi connectivity index (χ1n) is 5.84. The van der Waals surface area contributed by atoms with Crippen molar-refractivity contribution < 1.29 is 14.5 Å². The number of carbonyl (C=O) groups excluding carboxylic acids is 1. The molecule has 0 saturated carbocycles. The van der Waals surface area contributed by atoms with Gasteiger partial charge in [-0.2, -0.15) is 5.26 Å². The lowest BCUT2D eigenvalue weighted by atomic mass is 10.2. The first-order chi connectivity index (χ1) is 10.4. The van der Waals surface area contributed by atoms with E-state index < -0.39 is 10.9 Å². The Balaban J connectivity index is 2.70. The van der Waals surface area contributed by atoms with Gasteiger partial charge in [-0.05, 0) is 6.07 Å². The van der Waals surface area contributed by atoms with Gasteiger partial charge in [0.2, 0.25) is 0 Å². The number of esters is 1. The first-order valence-corrected chi connectivity index (χ1v) is 6.22. The molecule has 0 fully saturated rings. The summed E-state index contributed by atoms with van der Waals surface area (Å²) in [6.45, 7) is 0. The lowest BCUT2D eigenvalue weighted by molar-refractivity contribution is -0.384. The molecule has 0 atom stereocenters. The Hall–Kier alpha value is -3.05. The number of nitrogens with two attached hydrogens (primary N) is 1. The van der Waals surface area contributed by atoms with Crippen molar-refractivity contribution in [1.29, 1.82) is 5.26 Å². The Bertz CT molecular complexity index is 822. The maximum atomic E-state index is 11.9. The number of non-ortho nitro benzene ring substituents is 1. The molecule has 2 rings (SSSR count). The maximum Gasteiger partial charge on any atom is 0.357 e. The molecule has 0 aliphatic carbocycles. The lowest BCUT2D eigenvalue weighted by Gasteiger charge is -2.10. The van der Waals surface area contributed by atoms with Gasteiger partial charge in [0.1, 0.15) is 6.07 Å². The van der Waals surface area contributed by atoms with Crippen LogP contribution in [0.4, 0.5) is 11.4 Å². The summed E-state index contributed by atoms with van der Waals surface area (Å²) in [6, 6.07) is 5.57. The monoisotopic (exact) mass is 320 g/mol. The third kappa shape index (κ3) is 2.45. The van der Waals surface area contributed by atoms with E-state index in [2.05, 4.69) is 4.74 Å². The summed E-state index contributed by atoms with van der Waals surface area (Å²) in [4.78, 5) is 22.0. The van der Waals surface area contributed by atoms with Crippen molar-refractivity contribution >= 4 is 28.9 Å². The number of benzene rings is 1. The number of nitriles is 1. The molecule has 0 radical (unpaired) electrons. The Morgan fingerprint density at radius 2 is 2.23 bits per heavy atom. The Labute approximate surface area is 129 Å². The van der Waals surface area contributed by atoms with Crippen molar-refractivity contribution in [2.45, 2.75) is 0 Å². The molecule has 1 heterocycles. The average molecular weight is 321 g/mol. The second-order valence-corrected chi connectivity index (χ2v) is 4.58. The van der Waals surface area contributed by atoms with Crippen LogP contribution in [0, 0.1) is 21.4 Å². The van der Waals surface area contributed by atoms with E-state index in [1.54, 1.807) is 0 Å². The minimum absolute atomic E-state index is 0.0267. The van der Waals surface area contributed by atoms with Crippen molar-refractivity contribution in [2.24, 2.45) is 0 Å². The minimum Gasteiger partial charge on any atom is -0.464 e. The number of nitro groups is 1. The van der Waals surface area contributed by atoms with Gasteiger partial charge in [0.05, 0.1) is 34.0 Å². The molecule has 0 spiro atoms. The highest BCUT2D eigenvalue weighted by Crippen LogP contribution is 2.30. The van der Waals surface area contributed by atoms with E-state index in [-0.39, 0.29) is 33.3 Å². The molecule has 0 bridgehead atoms. The Kier molecular flexibility index (Phi) is 4.01. The SMILES string of the molecule is COC(=O)c1c(N)c(C#N)cn1-c1ccc([N+](=O)[O-])cc1Cl. The molecule has 9 heteroatoms. The fourth-order valence-corrected chi connectivity index (χ4v) is 2.18. The molecule has 2 N–H and O–H groups in total. The van der Waals surface area contributed by atoms with Crippen LogP contribution < -0.4 is 5.73 Å². The second-order valence-electron chi connectivity index (χ2n) is 4.17. The smallest absolute Gasteiger partial charge is 0.357 e. The largest absolute Gasteiger partial charge is 0.464 e. The molecule has 1 aromatic carbocycles. The van der Waals surface area contributed by atoms with E-state index in [1.807, 2.05) is 6.07 Å². The molecule has 8 nitrogen and oxygen atoms in total. The number of halogens is 1. The van der Waals surface area contributed by atoms with Gasteiger partial charge in [0, 0.05) is 18.3 Å². The number of ether oxygens (including phenoxy) is 1. The number of nitro benzene ring substituents is 1. The molecule has 112 valence electrons. The summed E-state index contributed by atoms with van der Waals surface area (Å²) in [6.07, 6.45) is 1.31. The van der Waals surface area contributed by atoms with Gasteiger partial charge < -0.3 is 15.0 Å². The lowest BCUT2D eigenvalue weighted by Crippen LogP contribution is -2.11. The average Bonchev–Trinajstić information content (AvgIpc) is 2.82. The van der Waals surface area contributed by atoms with Gasteiger partial charge in [-0.3, -0.25) is 10.1 Å². The third-order valence-electron chi connectivity index (χ3n) is 2.95. The van der Waals surface area contributed by atoms with E-state index >= 15 is 0 Å². The minimum atomic E-state index is -0.756. The molecule has 0 amide bonds. The van der Waals surface area contributed by atoms with Crippen LogP contribution in [0.5, 0.6) is 0 Å². The fraction of sp³-hybridized carbons (Fsp3) is 0.0769. The summed E-state index contributed by atoms with van der Waals surface area (Å²) >= 11 is 6.03. The van der Waals surface area contributed by atoms with E-state index in [1.165, 1.54) is 30.0 Å². The number of hydrogen-bond acceptors (Lipinski definition) is 6. The zero-order chi connectivity index (χ0) is 16.4. The standard InChI is InChI=1S/C13H9ClN4O4/c1-22-13(19)12-11(16)7(5-15)6-17(12)10-3-2-8(18(20)21)4-9(10)14/h2-4,6H,16H2,1H3. The predicted octanol–water partition coefficient (Wildman–Crippen LogP) is 2.28. The molecular weight excluding hydrogens is 312 g/mol. The predicted molar refractivity (Wildman–Crippen MR) is 77.9 cm³/mol. The topological polar surface area (TPSA) is 124 Å². The summed E-state index contributed by atoms with van der Waals surface area (Å²) < 4.78 is 5.91. The molecule has 22 heavy (non-hydrogen) atoms. The summed E-state index contributed by atoms with van der Waals surface area (Å²) in [7, 11) is 1.17.